The molecule has 124 valence electrons. The standard InChI is InChI=1S/C16H29N5S/c1-4-10-21(13-12-20(3)5-2)11-9-18-16(22)19-15-7-6-8-17-14-15/h6-8,14H,4-5,9-13H2,1-3H3,(H2,18,19,22). The summed E-state index contributed by atoms with van der Waals surface area (Å²) in [6, 6.07) is 3.84. The zero-order chi connectivity index (χ0) is 16.2. The lowest BCUT2D eigenvalue weighted by atomic mass is 10.3. The van der Waals surface area contributed by atoms with Gasteiger partial charge in [-0.05, 0) is 50.9 Å². The Morgan fingerprint density at radius 3 is 2.68 bits per heavy atom. The summed E-state index contributed by atoms with van der Waals surface area (Å²) in [4.78, 5) is 8.87. The molecule has 0 atom stereocenters. The van der Waals surface area contributed by atoms with E-state index in [1.54, 1.807) is 12.4 Å². The highest BCUT2D eigenvalue weighted by atomic mass is 32.1. The highest BCUT2D eigenvalue weighted by Crippen LogP contribution is 2.01. The predicted molar refractivity (Wildman–Crippen MR) is 98.4 cm³/mol. The van der Waals surface area contributed by atoms with E-state index in [1.165, 1.54) is 6.42 Å². The van der Waals surface area contributed by atoms with Crippen LogP contribution in [-0.4, -0.2) is 66.2 Å². The van der Waals surface area contributed by atoms with E-state index in [0.717, 1.165) is 45.0 Å². The van der Waals surface area contributed by atoms with Gasteiger partial charge in [-0.2, -0.15) is 0 Å². The number of anilines is 1. The van der Waals surface area contributed by atoms with E-state index in [4.69, 9.17) is 12.2 Å². The van der Waals surface area contributed by atoms with E-state index >= 15 is 0 Å². The first kappa shape index (κ1) is 18.8. The molecule has 0 saturated carbocycles. The van der Waals surface area contributed by atoms with Crippen molar-refractivity contribution in [2.45, 2.75) is 20.3 Å². The van der Waals surface area contributed by atoms with Crippen molar-refractivity contribution >= 4 is 23.0 Å². The van der Waals surface area contributed by atoms with Crippen molar-refractivity contribution in [2.24, 2.45) is 0 Å². The first-order chi connectivity index (χ1) is 10.7. The average Bonchev–Trinajstić information content (AvgIpc) is 2.53. The summed E-state index contributed by atoms with van der Waals surface area (Å²) >= 11 is 5.30. The van der Waals surface area contributed by atoms with Gasteiger partial charge in [0.05, 0.1) is 11.9 Å². The van der Waals surface area contributed by atoms with Gasteiger partial charge in [0, 0.05) is 32.4 Å². The summed E-state index contributed by atoms with van der Waals surface area (Å²) in [7, 11) is 2.16. The SMILES string of the molecule is CCCN(CCNC(=S)Nc1cccnc1)CCN(C)CC. The molecule has 0 spiro atoms. The summed E-state index contributed by atoms with van der Waals surface area (Å²) in [5.41, 5.74) is 0.912. The van der Waals surface area contributed by atoms with Gasteiger partial charge in [0.2, 0.25) is 0 Å². The Hall–Kier alpha value is -1.24. The van der Waals surface area contributed by atoms with Gasteiger partial charge in [0.25, 0.3) is 0 Å². The Labute approximate surface area is 140 Å². The molecule has 0 aliphatic carbocycles. The summed E-state index contributed by atoms with van der Waals surface area (Å²) < 4.78 is 0. The molecule has 2 N–H and O–H groups in total. The molecule has 0 fully saturated rings. The van der Waals surface area contributed by atoms with Gasteiger partial charge in [0.1, 0.15) is 0 Å². The minimum absolute atomic E-state index is 0.648. The molecular formula is C16H29N5S. The molecule has 1 aromatic heterocycles. The molecule has 0 bridgehead atoms. The first-order valence-electron chi connectivity index (χ1n) is 8.01. The molecule has 0 radical (unpaired) electrons. The van der Waals surface area contributed by atoms with Crippen LogP contribution >= 0.6 is 12.2 Å². The number of hydrogen-bond donors (Lipinski definition) is 2. The molecule has 0 aliphatic rings. The van der Waals surface area contributed by atoms with Gasteiger partial charge in [0.15, 0.2) is 5.11 Å². The van der Waals surface area contributed by atoms with Crippen LogP contribution in [0.5, 0.6) is 0 Å². The lowest BCUT2D eigenvalue weighted by Gasteiger charge is -2.25. The monoisotopic (exact) mass is 323 g/mol. The van der Waals surface area contributed by atoms with Crippen molar-refractivity contribution in [2.75, 3.05) is 51.6 Å². The third-order valence-corrected chi connectivity index (χ3v) is 3.76. The lowest BCUT2D eigenvalue weighted by molar-refractivity contribution is 0.232. The van der Waals surface area contributed by atoms with Crippen LogP contribution in [-0.2, 0) is 0 Å². The Kier molecular flexibility index (Phi) is 9.70. The number of rotatable bonds is 10. The molecule has 0 aliphatic heterocycles. The molecule has 6 heteroatoms. The third-order valence-electron chi connectivity index (χ3n) is 3.51. The minimum Gasteiger partial charge on any atom is -0.361 e. The van der Waals surface area contributed by atoms with Crippen molar-refractivity contribution in [1.82, 2.24) is 20.1 Å². The van der Waals surface area contributed by atoms with E-state index in [2.05, 4.69) is 46.3 Å². The number of nitrogens with zero attached hydrogens (tertiary/aromatic N) is 3. The summed E-state index contributed by atoms with van der Waals surface area (Å²) in [5.74, 6) is 0. The van der Waals surface area contributed by atoms with Gasteiger partial charge < -0.3 is 20.4 Å². The molecule has 0 amide bonds. The quantitative estimate of drug-likeness (QED) is 0.642. The normalized spacial score (nSPS) is 11.0. The number of hydrogen-bond acceptors (Lipinski definition) is 4. The van der Waals surface area contributed by atoms with Crippen molar-refractivity contribution < 1.29 is 0 Å². The predicted octanol–water partition coefficient (Wildman–Crippen LogP) is 2.03. The molecule has 5 nitrogen and oxygen atoms in total. The second kappa shape index (κ2) is 11.3. The minimum atomic E-state index is 0.648. The summed E-state index contributed by atoms with van der Waals surface area (Å²) in [6.07, 6.45) is 4.68. The first-order valence-corrected chi connectivity index (χ1v) is 8.42. The molecule has 1 heterocycles. The van der Waals surface area contributed by atoms with Crippen LogP contribution in [0.1, 0.15) is 20.3 Å². The van der Waals surface area contributed by atoms with Crippen molar-refractivity contribution in [3.05, 3.63) is 24.5 Å². The van der Waals surface area contributed by atoms with E-state index in [1.807, 2.05) is 12.1 Å². The Bertz CT molecular complexity index is 412. The van der Waals surface area contributed by atoms with Gasteiger partial charge >= 0.3 is 0 Å². The number of thiocarbonyl (C=S) groups is 1. The zero-order valence-electron chi connectivity index (χ0n) is 14.0. The van der Waals surface area contributed by atoms with Crippen LogP contribution in [0, 0.1) is 0 Å². The van der Waals surface area contributed by atoms with Crippen molar-refractivity contribution in [3.63, 3.8) is 0 Å². The van der Waals surface area contributed by atoms with Crippen LogP contribution in [0.15, 0.2) is 24.5 Å². The van der Waals surface area contributed by atoms with Gasteiger partial charge in [-0.15, -0.1) is 0 Å². The molecule has 0 unspecified atom stereocenters. The van der Waals surface area contributed by atoms with E-state index < -0.39 is 0 Å². The zero-order valence-corrected chi connectivity index (χ0v) is 14.8. The van der Waals surface area contributed by atoms with Gasteiger partial charge in [-0.1, -0.05) is 13.8 Å². The molecule has 1 rings (SSSR count). The highest BCUT2D eigenvalue weighted by molar-refractivity contribution is 7.80. The summed E-state index contributed by atoms with van der Waals surface area (Å²) in [5, 5.41) is 7.05. The molecule has 0 saturated heterocycles. The Balaban J connectivity index is 2.25. The molecule has 0 aromatic carbocycles. The maximum absolute atomic E-state index is 5.30. The molecule has 22 heavy (non-hydrogen) atoms. The fraction of sp³-hybridized carbons (Fsp3) is 0.625. The number of likely N-dealkylation sites (N-methyl/N-ethyl adjacent to an activating group) is 1. The van der Waals surface area contributed by atoms with Crippen LogP contribution in [0.25, 0.3) is 0 Å². The van der Waals surface area contributed by atoms with Gasteiger partial charge in [-0.25, -0.2) is 0 Å². The summed E-state index contributed by atoms with van der Waals surface area (Å²) in [6.45, 7) is 10.7. The van der Waals surface area contributed by atoms with Crippen LogP contribution in [0.4, 0.5) is 5.69 Å². The number of pyridine rings is 1. The van der Waals surface area contributed by atoms with E-state index in [-0.39, 0.29) is 0 Å². The lowest BCUT2D eigenvalue weighted by Crippen LogP contribution is -2.40. The number of aromatic nitrogens is 1. The van der Waals surface area contributed by atoms with Crippen molar-refractivity contribution in [3.8, 4) is 0 Å². The fourth-order valence-corrected chi connectivity index (χ4v) is 2.28. The maximum atomic E-state index is 5.30. The topological polar surface area (TPSA) is 43.4 Å². The van der Waals surface area contributed by atoms with Crippen LogP contribution in [0.2, 0.25) is 0 Å². The van der Waals surface area contributed by atoms with Gasteiger partial charge in [-0.3, -0.25) is 4.98 Å². The second-order valence-corrected chi connectivity index (χ2v) is 5.77. The highest BCUT2D eigenvalue weighted by Gasteiger charge is 2.05. The van der Waals surface area contributed by atoms with Crippen molar-refractivity contribution in [1.29, 1.82) is 0 Å². The van der Waals surface area contributed by atoms with Crippen LogP contribution < -0.4 is 10.6 Å². The fourth-order valence-electron chi connectivity index (χ4n) is 2.06. The van der Waals surface area contributed by atoms with E-state index in [9.17, 15) is 0 Å². The third kappa shape index (κ3) is 8.26. The second-order valence-electron chi connectivity index (χ2n) is 5.36. The maximum Gasteiger partial charge on any atom is 0.170 e. The molecule has 1 aromatic rings. The van der Waals surface area contributed by atoms with E-state index in [0.29, 0.717) is 5.11 Å². The molecular weight excluding hydrogens is 294 g/mol. The van der Waals surface area contributed by atoms with Crippen LogP contribution in [0.3, 0.4) is 0 Å². The largest absolute Gasteiger partial charge is 0.361 e. The Morgan fingerprint density at radius 1 is 1.23 bits per heavy atom. The smallest absolute Gasteiger partial charge is 0.170 e. The Morgan fingerprint density at radius 2 is 2.05 bits per heavy atom. The average molecular weight is 324 g/mol. The number of nitrogens with one attached hydrogen (secondary N) is 2.